The normalized spacial score (nSPS) is 27.3. The fourth-order valence-corrected chi connectivity index (χ4v) is 2.95. The first-order chi connectivity index (χ1) is 9.87. The Morgan fingerprint density at radius 2 is 2.05 bits per heavy atom. The van der Waals surface area contributed by atoms with E-state index in [0.717, 1.165) is 39.0 Å². The van der Waals surface area contributed by atoms with E-state index in [1.54, 1.807) is 4.90 Å². The van der Waals surface area contributed by atoms with Gasteiger partial charge in [0.25, 0.3) is 0 Å². The first-order valence-corrected chi connectivity index (χ1v) is 8.23. The van der Waals surface area contributed by atoms with Gasteiger partial charge in [-0.05, 0) is 40.0 Å². The fourth-order valence-electron chi connectivity index (χ4n) is 2.95. The van der Waals surface area contributed by atoms with Crippen molar-refractivity contribution in [2.45, 2.75) is 77.2 Å². The summed E-state index contributed by atoms with van der Waals surface area (Å²) < 4.78 is 11.1. The Kier molecular flexibility index (Phi) is 5.49. The molecule has 2 heterocycles. The molecule has 2 unspecified atom stereocenters. The Hall–Kier alpha value is -0.810. The molecule has 0 spiro atoms. The van der Waals surface area contributed by atoms with Crippen molar-refractivity contribution < 1.29 is 14.3 Å². The van der Waals surface area contributed by atoms with Gasteiger partial charge in [0.15, 0.2) is 0 Å². The molecule has 2 rings (SSSR count). The molecule has 21 heavy (non-hydrogen) atoms. The summed E-state index contributed by atoms with van der Waals surface area (Å²) >= 11 is 0. The second-order valence-corrected chi connectivity index (χ2v) is 7.25. The number of rotatable bonds is 4. The van der Waals surface area contributed by atoms with E-state index in [1.807, 2.05) is 20.8 Å². The van der Waals surface area contributed by atoms with Crippen LogP contribution in [0.4, 0.5) is 4.79 Å². The summed E-state index contributed by atoms with van der Waals surface area (Å²) in [4.78, 5) is 13.6. The first-order valence-electron chi connectivity index (χ1n) is 8.23. The maximum absolute atomic E-state index is 11.9. The molecule has 5 heteroatoms. The molecule has 1 N–H and O–H groups in total. The quantitative estimate of drug-likeness (QED) is 0.866. The molecule has 0 saturated carbocycles. The minimum absolute atomic E-state index is 0.198. The highest BCUT2D eigenvalue weighted by Crippen LogP contribution is 2.21. The van der Waals surface area contributed by atoms with Crippen LogP contribution in [0, 0.1) is 0 Å². The number of amides is 1. The number of carbonyl (C=O) groups excluding carboxylic acids is 1. The van der Waals surface area contributed by atoms with Gasteiger partial charge in [-0.1, -0.05) is 13.3 Å². The highest BCUT2D eigenvalue weighted by Gasteiger charge is 2.35. The number of nitrogens with zero attached hydrogens (tertiary/aromatic N) is 1. The maximum atomic E-state index is 11.9. The Morgan fingerprint density at radius 3 is 2.67 bits per heavy atom. The highest BCUT2D eigenvalue weighted by molar-refractivity contribution is 5.69. The van der Waals surface area contributed by atoms with Crippen LogP contribution < -0.4 is 5.32 Å². The van der Waals surface area contributed by atoms with Crippen LogP contribution in [0.2, 0.25) is 0 Å². The number of carbonyl (C=O) groups is 1. The van der Waals surface area contributed by atoms with Crippen molar-refractivity contribution in [2.24, 2.45) is 0 Å². The molecule has 0 bridgehead atoms. The summed E-state index contributed by atoms with van der Waals surface area (Å²) in [6, 6.07) is 0.934. The van der Waals surface area contributed by atoms with Crippen molar-refractivity contribution in [3.63, 3.8) is 0 Å². The molecule has 2 atom stereocenters. The zero-order valence-corrected chi connectivity index (χ0v) is 13.9. The van der Waals surface area contributed by atoms with E-state index in [9.17, 15) is 4.79 Å². The molecule has 2 aliphatic rings. The third-order valence-electron chi connectivity index (χ3n) is 3.98. The average Bonchev–Trinajstić information content (AvgIpc) is 2.32. The Labute approximate surface area is 128 Å². The zero-order valence-electron chi connectivity index (χ0n) is 13.9. The smallest absolute Gasteiger partial charge is 0.410 e. The van der Waals surface area contributed by atoms with Crippen molar-refractivity contribution >= 4 is 6.09 Å². The molecule has 0 aromatic heterocycles. The van der Waals surface area contributed by atoms with Crippen LogP contribution in [-0.2, 0) is 9.47 Å². The van der Waals surface area contributed by atoms with Crippen LogP contribution in [0.5, 0.6) is 0 Å². The van der Waals surface area contributed by atoms with E-state index in [2.05, 4.69) is 12.2 Å². The molecule has 2 saturated heterocycles. The molecule has 2 fully saturated rings. The summed E-state index contributed by atoms with van der Waals surface area (Å²) in [5, 5.41) is 3.66. The summed E-state index contributed by atoms with van der Waals surface area (Å²) in [5.41, 5.74) is -0.413. The van der Waals surface area contributed by atoms with Crippen molar-refractivity contribution in [1.29, 1.82) is 0 Å². The van der Waals surface area contributed by atoms with Crippen LogP contribution in [0.15, 0.2) is 0 Å². The zero-order chi connectivity index (χ0) is 15.5. The van der Waals surface area contributed by atoms with Gasteiger partial charge < -0.3 is 19.7 Å². The molecular weight excluding hydrogens is 268 g/mol. The van der Waals surface area contributed by atoms with E-state index in [-0.39, 0.29) is 6.09 Å². The number of likely N-dealkylation sites (tertiary alicyclic amines) is 1. The largest absolute Gasteiger partial charge is 0.444 e. The van der Waals surface area contributed by atoms with E-state index in [1.165, 1.54) is 6.42 Å². The number of ether oxygens (including phenoxy) is 2. The summed E-state index contributed by atoms with van der Waals surface area (Å²) in [6.07, 6.45) is 4.69. The Bertz CT molecular complexity index is 346. The molecular formula is C16H30N2O3. The monoisotopic (exact) mass is 298 g/mol. The third kappa shape index (κ3) is 5.15. The predicted molar refractivity (Wildman–Crippen MR) is 82.4 cm³/mol. The van der Waals surface area contributed by atoms with Gasteiger partial charge in [0.1, 0.15) is 5.60 Å². The molecule has 0 radical (unpaired) electrons. The lowest BCUT2D eigenvalue weighted by Gasteiger charge is -2.43. The minimum Gasteiger partial charge on any atom is -0.444 e. The number of hydrogen-bond acceptors (Lipinski definition) is 4. The molecule has 0 aromatic carbocycles. The molecule has 2 aliphatic heterocycles. The second-order valence-electron chi connectivity index (χ2n) is 7.25. The van der Waals surface area contributed by atoms with Crippen LogP contribution >= 0.6 is 0 Å². The van der Waals surface area contributed by atoms with Gasteiger partial charge in [0.05, 0.1) is 6.10 Å². The van der Waals surface area contributed by atoms with Gasteiger partial charge in [0, 0.05) is 31.8 Å². The van der Waals surface area contributed by atoms with Crippen molar-refractivity contribution in [3.8, 4) is 0 Å². The van der Waals surface area contributed by atoms with Gasteiger partial charge in [-0.25, -0.2) is 4.79 Å². The number of nitrogens with one attached hydrogen (secondary N) is 1. The van der Waals surface area contributed by atoms with Crippen molar-refractivity contribution in [2.75, 3.05) is 19.7 Å². The number of hydrogen-bond donors (Lipinski definition) is 1. The van der Waals surface area contributed by atoms with Crippen molar-refractivity contribution in [3.05, 3.63) is 0 Å². The lowest BCUT2D eigenvalue weighted by Crippen LogP contribution is -2.63. The fraction of sp³-hybridized carbons (Fsp3) is 0.938. The van der Waals surface area contributed by atoms with Gasteiger partial charge in [0.2, 0.25) is 0 Å². The molecule has 5 nitrogen and oxygen atoms in total. The van der Waals surface area contributed by atoms with E-state index >= 15 is 0 Å². The standard InChI is InChI=1S/C16H30N2O3/c1-5-6-14-9-12(7-8-20-14)17-13-10-18(11-13)15(19)21-16(2,3)4/h12-14,17H,5-11H2,1-4H3. The topological polar surface area (TPSA) is 50.8 Å². The summed E-state index contributed by atoms with van der Waals surface area (Å²) in [5.74, 6) is 0. The maximum Gasteiger partial charge on any atom is 0.410 e. The predicted octanol–water partition coefficient (Wildman–Crippen LogP) is 2.54. The molecule has 0 aromatic rings. The highest BCUT2D eigenvalue weighted by atomic mass is 16.6. The Balaban J connectivity index is 1.67. The van der Waals surface area contributed by atoms with E-state index in [0.29, 0.717) is 18.2 Å². The van der Waals surface area contributed by atoms with E-state index < -0.39 is 5.60 Å². The Morgan fingerprint density at radius 1 is 1.33 bits per heavy atom. The van der Waals surface area contributed by atoms with Gasteiger partial charge in [-0.15, -0.1) is 0 Å². The lowest BCUT2D eigenvalue weighted by atomic mass is 9.98. The average molecular weight is 298 g/mol. The first kappa shape index (κ1) is 16.6. The molecule has 0 aliphatic carbocycles. The van der Waals surface area contributed by atoms with Crippen molar-refractivity contribution in [1.82, 2.24) is 10.2 Å². The van der Waals surface area contributed by atoms with E-state index in [4.69, 9.17) is 9.47 Å². The molecule has 122 valence electrons. The lowest BCUT2D eigenvalue weighted by molar-refractivity contribution is -0.0173. The van der Waals surface area contributed by atoms with Crippen LogP contribution in [-0.4, -0.2) is 54.5 Å². The summed E-state index contributed by atoms with van der Waals surface area (Å²) in [6.45, 7) is 10.3. The van der Waals surface area contributed by atoms with Gasteiger partial charge in [-0.3, -0.25) is 0 Å². The van der Waals surface area contributed by atoms with Crippen LogP contribution in [0.25, 0.3) is 0 Å². The second kappa shape index (κ2) is 6.97. The van der Waals surface area contributed by atoms with Crippen LogP contribution in [0.3, 0.4) is 0 Å². The van der Waals surface area contributed by atoms with Gasteiger partial charge >= 0.3 is 6.09 Å². The summed E-state index contributed by atoms with van der Waals surface area (Å²) in [7, 11) is 0. The minimum atomic E-state index is -0.413. The van der Waals surface area contributed by atoms with Gasteiger partial charge in [-0.2, -0.15) is 0 Å². The van der Waals surface area contributed by atoms with Crippen LogP contribution in [0.1, 0.15) is 53.4 Å². The molecule has 1 amide bonds. The third-order valence-corrected chi connectivity index (χ3v) is 3.98. The SMILES string of the molecule is CCCC1CC(NC2CN(C(=O)OC(C)(C)C)C2)CCO1.